The Hall–Kier alpha value is -0.620. The Kier molecular flexibility index (Phi) is 5.23. The third-order valence-corrected chi connectivity index (χ3v) is 4.08. The number of hydrogen-bond acceptors (Lipinski definition) is 4. The fourth-order valence-electron chi connectivity index (χ4n) is 0.963. The Morgan fingerprint density at radius 3 is 2.47 bits per heavy atom. The number of aliphatic carboxylic acids is 1. The van der Waals surface area contributed by atoms with Crippen LogP contribution in [0.25, 0.3) is 0 Å². The molecule has 0 fully saturated rings. The number of unbranched alkanes of at least 4 members (excludes halogenated alkanes) is 1. The van der Waals surface area contributed by atoms with E-state index in [1.807, 2.05) is 6.92 Å². The standard InChI is InChI=1S/C9H20N2O3S/c1-3-4-6-15(11,14)7-5-9(2,10)8(12)13/h11H,3-7,10H2,1-2H3,(H,12,13)/t9-,15?/m0/s1. The lowest BCUT2D eigenvalue weighted by molar-refractivity contribution is -0.142. The lowest BCUT2D eigenvalue weighted by Gasteiger charge is -2.19. The van der Waals surface area contributed by atoms with E-state index in [1.54, 1.807) is 0 Å². The quantitative estimate of drug-likeness (QED) is 0.614. The third kappa shape index (κ3) is 5.74. The highest BCUT2D eigenvalue weighted by molar-refractivity contribution is 7.92. The summed E-state index contributed by atoms with van der Waals surface area (Å²) in [6.45, 7) is 3.34. The highest BCUT2D eigenvalue weighted by atomic mass is 32.2. The summed E-state index contributed by atoms with van der Waals surface area (Å²) in [5.41, 5.74) is 4.11. The second-order valence-electron chi connectivity index (χ2n) is 4.05. The second kappa shape index (κ2) is 5.46. The molecule has 0 aromatic carbocycles. The Bertz CT molecular complexity index is 309. The van der Waals surface area contributed by atoms with Crippen LogP contribution in [-0.2, 0) is 14.5 Å². The van der Waals surface area contributed by atoms with Gasteiger partial charge in [0, 0.05) is 21.2 Å². The van der Waals surface area contributed by atoms with Crippen molar-refractivity contribution in [3.63, 3.8) is 0 Å². The molecule has 15 heavy (non-hydrogen) atoms. The van der Waals surface area contributed by atoms with Crippen LogP contribution in [0, 0.1) is 4.78 Å². The number of hydrogen-bond donors (Lipinski definition) is 3. The molecule has 0 aliphatic carbocycles. The molecule has 4 N–H and O–H groups in total. The molecule has 0 aromatic rings. The van der Waals surface area contributed by atoms with Gasteiger partial charge in [0.2, 0.25) is 0 Å². The summed E-state index contributed by atoms with van der Waals surface area (Å²) >= 11 is 0. The van der Waals surface area contributed by atoms with Crippen LogP contribution in [0.1, 0.15) is 33.1 Å². The lowest BCUT2D eigenvalue weighted by Crippen LogP contribution is -2.46. The largest absolute Gasteiger partial charge is 0.480 e. The van der Waals surface area contributed by atoms with Gasteiger partial charge in [-0.15, -0.1) is 0 Å². The van der Waals surface area contributed by atoms with E-state index in [9.17, 15) is 9.00 Å². The van der Waals surface area contributed by atoms with Gasteiger partial charge >= 0.3 is 5.97 Å². The van der Waals surface area contributed by atoms with Crippen molar-refractivity contribution < 1.29 is 14.1 Å². The number of carboxylic acid groups (broad SMARTS) is 1. The molecule has 0 aliphatic heterocycles. The molecule has 0 aliphatic rings. The van der Waals surface area contributed by atoms with E-state index >= 15 is 0 Å². The first-order valence-electron chi connectivity index (χ1n) is 4.98. The molecule has 0 radical (unpaired) electrons. The van der Waals surface area contributed by atoms with Gasteiger partial charge < -0.3 is 10.8 Å². The SMILES string of the molecule is CCCCS(=N)(=O)CC[C@](C)(N)C(=O)O. The minimum atomic E-state index is -2.65. The van der Waals surface area contributed by atoms with Gasteiger partial charge in [0.25, 0.3) is 0 Å². The highest BCUT2D eigenvalue weighted by Gasteiger charge is 2.28. The van der Waals surface area contributed by atoms with Crippen molar-refractivity contribution >= 4 is 15.7 Å². The second-order valence-corrected chi connectivity index (χ2v) is 6.49. The zero-order chi connectivity index (χ0) is 12.1. The van der Waals surface area contributed by atoms with E-state index < -0.39 is 21.2 Å². The van der Waals surface area contributed by atoms with Crippen LogP contribution in [0.3, 0.4) is 0 Å². The molecule has 0 amide bonds. The van der Waals surface area contributed by atoms with Crippen molar-refractivity contribution in [1.82, 2.24) is 0 Å². The van der Waals surface area contributed by atoms with Crippen molar-refractivity contribution in [2.45, 2.75) is 38.6 Å². The van der Waals surface area contributed by atoms with Gasteiger partial charge in [-0.05, 0) is 19.8 Å². The van der Waals surface area contributed by atoms with E-state index in [2.05, 4.69) is 0 Å². The molecule has 5 nitrogen and oxygen atoms in total. The van der Waals surface area contributed by atoms with Crippen LogP contribution in [-0.4, -0.2) is 32.3 Å². The van der Waals surface area contributed by atoms with Gasteiger partial charge in [-0.2, -0.15) is 0 Å². The first-order chi connectivity index (χ1) is 6.71. The molecule has 2 atom stereocenters. The minimum Gasteiger partial charge on any atom is -0.480 e. The topological polar surface area (TPSA) is 104 Å². The van der Waals surface area contributed by atoms with Gasteiger partial charge in [-0.25, -0.2) is 4.21 Å². The summed E-state index contributed by atoms with van der Waals surface area (Å²) in [4.78, 5) is 10.7. The number of rotatable bonds is 7. The molecule has 0 saturated heterocycles. The number of carboxylic acids is 1. The molecule has 0 saturated carbocycles. The van der Waals surface area contributed by atoms with E-state index in [0.717, 1.165) is 12.8 Å². The van der Waals surface area contributed by atoms with Crippen molar-refractivity contribution in [2.75, 3.05) is 11.5 Å². The van der Waals surface area contributed by atoms with Crippen LogP contribution in [0.2, 0.25) is 0 Å². The van der Waals surface area contributed by atoms with Crippen molar-refractivity contribution in [3.8, 4) is 0 Å². The van der Waals surface area contributed by atoms with Crippen molar-refractivity contribution in [3.05, 3.63) is 0 Å². The predicted octanol–water partition coefficient (Wildman–Crippen LogP) is 1.03. The Balaban J connectivity index is 4.21. The smallest absolute Gasteiger partial charge is 0.323 e. The van der Waals surface area contributed by atoms with Gasteiger partial charge in [-0.1, -0.05) is 13.3 Å². The monoisotopic (exact) mass is 236 g/mol. The fraction of sp³-hybridized carbons (Fsp3) is 0.889. The maximum atomic E-state index is 11.6. The predicted molar refractivity (Wildman–Crippen MR) is 60.3 cm³/mol. The van der Waals surface area contributed by atoms with Crippen LogP contribution in [0.15, 0.2) is 0 Å². The normalized spacial score (nSPS) is 19.1. The van der Waals surface area contributed by atoms with Crippen LogP contribution < -0.4 is 5.73 Å². The Labute approximate surface area is 91.0 Å². The molecule has 0 bridgehead atoms. The average Bonchev–Trinajstić information content (AvgIpc) is 2.12. The van der Waals surface area contributed by atoms with E-state index in [0.29, 0.717) is 5.75 Å². The Morgan fingerprint density at radius 2 is 2.07 bits per heavy atom. The molecule has 1 unspecified atom stereocenters. The maximum absolute atomic E-state index is 11.6. The van der Waals surface area contributed by atoms with E-state index in [1.165, 1.54) is 6.92 Å². The van der Waals surface area contributed by atoms with Crippen molar-refractivity contribution in [1.29, 1.82) is 4.78 Å². The number of carbonyl (C=O) groups is 1. The molecular formula is C9H20N2O3S. The Morgan fingerprint density at radius 1 is 1.53 bits per heavy atom. The summed E-state index contributed by atoms with van der Waals surface area (Å²) < 4.78 is 19.2. The molecule has 6 heteroatoms. The molecule has 0 aromatic heterocycles. The highest BCUT2D eigenvalue weighted by Crippen LogP contribution is 2.10. The number of nitrogens with one attached hydrogen (secondary N) is 1. The summed E-state index contributed by atoms with van der Waals surface area (Å²) in [6, 6.07) is 0. The van der Waals surface area contributed by atoms with E-state index in [-0.39, 0.29) is 12.2 Å². The molecule has 90 valence electrons. The van der Waals surface area contributed by atoms with Gasteiger partial charge in [0.05, 0.1) is 0 Å². The van der Waals surface area contributed by atoms with Gasteiger partial charge in [-0.3, -0.25) is 9.57 Å². The fourth-order valence-corrected chi connectivity index (χ4v) is 2.68. The third-order valence-electron chi connectivity index (χ3n) is 2.27. The molecule has 0 rings (SSSR count). The van der Waals surface area contributed by atoms with Crippen LogP contribution >= 0.6 is 0 Å². The first kappa shape index (κ1) is 14.4. The van der Waals surface area contributed by atoms with E-state index in [4.69, 9.17) is 15.6 Å². The average molecular weight is 236 g/mol. The van der Waals surface area contributed by atoms with Gasteiger partial charge in [0.15, 0.2) is 0 Å². The lowest BCUT2D eigenvalue weighted by atomic mass is 10.0. The molecule has 0 spiro atoms. The summed E-state index contributed by atoms with van der Waals surface area (Å²) in [6.07, 6.45) is 1.69. The van der Waals surface area contributed by atoms with Crippen LogP contribution in [0.4, 0.5) is 0 Å². The molecular weight excluding hydrogens is 216 g/mol. The first-order valence-corrected chi connectivity index (χ1v) is 6.87. The zero-order valence-electron chi connectivity index (χ0n) is 9.28. The number of nitrogens with two attached hydrogens (primary N) is 1. The summed E-state index contributed by atoms with van der Waals surface area (Å²) in [5, 5.41) is 8.74. The molecule has 0 heterocycles. The maximum Gasteiger partial charge on any atom is 0.323 e. The zero-order valence-corrected chi connectivity index (χ0v) is 10.1. The minimum absolute atomic E-state index is 0.0618. The summed E-state index contributed by atoms with van der Waals surface area (Å²) in [5.74, 6) is -0.723. The van der Waals surface area contributed by atoms with Crippen LogP contribution in [0.5, 0.6) is 0 Å². The van der Waals surface area contributed by atoms with Crippen molar-refractivity contribution in [2.24, 2.45) is 5.73 Å². The summed E-state index contributed by atoms with van der Waals surface area (Å²) in [7, 11) is -2.65. The van der Waals surface area contributed by atoms with Gasteiger partial charge in [0.1, 0.15) is 5.54 Å².